The Morgan fingerprint density at radius 1 is 1.22 bits per heavy atom. The molecule has 2 unspecified atom stereocenters. The molecule has 0 radical (unpaired) electrons. The van der Waals surface area contributed by atoms with Gasteiger partial charge in [0, 0.05) is 12.5 Å². The Labute approximate surface area is 217 Å². The van der Waals surface area contributed by atoms with E-state index in [2.05, 4.69) is 58.1 Å². The van der Waals surface area contributed by atoms with Gasteiger partial charge in [0.1, 0.15) is 0 Å². The number of benzene rings is 1. The maximum atomic E-state index is 10.7. The predicted octanol–water partition coefficient (Wildman–Crippen LogP) is 4.42. The predicted molar refractivity (Wildman–Crippen MR) is 144 cm³/mol. The van der Waals surface area contributed by atoms with Crippen LogP contribution in [0.4, 0.5) is 4.79 Å². The van der Waals surface area contributed by atoms with Crippen LogP contribution >= 0.6 is 0 Å². The lowest BCUT2D eigenvalue weighted by Crippen LogP contribution is -2.45. The summed E-state index contributed by atoms with van der Waals surface area (Å²) in [5.41, 5.74) is 7.93. The standard InChI is InChI=1S/C15H26O2.C7H8.C6H13N3O3/c1-12(2)8-10-16-14(3,4)13-7-5-6-9-15(13)11-17-15;1-7-5-3-2-4-6-7;7-2-1-3-8-5(10)4-9-6(11)12/h8,13H,5-7,9-11H2,1-4H3;2-6H,1H3;9H,1-4,7H2,(H,8,10)(H,11,12). The number of hydrogen-bond acceptors (Lipinski definition) is 5. The van der Waals surface area contributed by atoms with Crippen LogP contribution in [-0.4, -0.2) is 61.2 Å². The van der Waals surface area contributed by atoms with Crippen LogP contribution in [0.25, 0.3) is 0 Å². The number of rotatable bonds is 9. The van der Waals surface area contributed by atoms with Gasteiger partial charge in [0.25, 0.3) is 0 Å². The molecule has 204 valence electrons. The molecule has 0 bridgehead atoms. The summed E-state index contributed by atoms with van der Waals surface area (Å²) >= 11 is 0. The van der Waals surface area contributed by atoms with Crippen LogP contribution in [0.1, 0.15) is 65.4 Å². The lowest BCUT2D eigenvalue weighted by atomic mass is 9.71. The Morgan fingerprint density at radius 2 is 1.89 bits per heavy atom. The molecule has 2 atom stereocenters. The number of carboxylic acid groups (broad SMARTS) is 1. The molecular weight excluding hydrogens is 458 g/mol. The van der Waals surface area contributed by atoms with Gasteiger partial charge in [0.05, 0.1) is 31.0 Å². The molecule has 1 saturated heterocycles. The first-order valence-electron chi connectivity index (χ1n) is 12.9. The fourth-order valence-electron chi connectivity index (χ4n) is 4.24. The van der Waals surface area contributed by atoms with Crippen LogP contribution in [0.3, 0.4) is 0 Å². The molecule has 2 fully saturated rings. The molecule has 1 aliphatic heterocycles. The molecule has 8 nitrogen and oxygen atoms in total. The highest BCUT2D eigenvalue weighted by Gasteiger charge is 2.57. The van der Waals surface area contributed by atoms with E-state index in [4.69, 9.17) is 20.3 Å². The van der Waals surface area contributed by atoms with E-state index in [0.29, 0.717) is 25.4 Å². The minimum Gasteiger partial charge on any atom is -0.465 e. The number of epoxide rings is 1. The molecule has 1 spiro atoms. The smallest absolute Gasteiger partial charge is 0.405 e. The Balaban J connectivity index is 0.000000296. The molecule has 36 heavy (non-hydrogen) atoms. The van der Waals surface area contributed by atoms with Gasteiger partial charge in [-0.05, 0) is 60.4 Å². The lowest BCUT2D eigenvalue weighted by Gasteiger charge is -2.40. The van der Waals surface area contributed by atoms with Gasteiger partial charge in [-0.2, -0.15) is 0 Å². The summed E-state index contributed by atoms with van der Waals surface area (Å²) in [6.45, 7) is 13.2. The largest absolute Gasteiger partial charge is 0.465 e. The zero-order valence-corrected chi connectivity index (χ0v) is 22.8. The molecule has 3 rings (SSSR count). The van der Waals surface area contributed by atoms with Crippen molar-refractivity contribution < 1.29 is 24.2 Å². The monoisotopic (exact) mass is 505 g/mol. The third kappa shape index (κ3) is 13.0. The fourth-order valence-corrected chi connectivity index (χ4v) is 4.24. The van der Waals surface area contributed by atoms with Gasteiger partial charge in [-0.3, -0.25) is 4.79 Å². The highest BCUT2D eigenvalue weighted by molar-refractivity contribution is 5.81. The molecule has 0 aromatic heterocycles. The number of nitrogens with two attached hydrogens (primary N) is 1. The Bertz CT molecular complexity index is 803. The zero-order chi connectivity index (χ0) is 27.0. The Kier molecular flexibility index (Phi) is 14.4. The average Bonchev–Trinajstić information content (AvgIpc) is 3.58. The maximum absolute atomic E-state index is 10.7. The highest BCUT2D eigenvalue weighted by atomic mass is 16.6. The normalized spacial score (nSPS) is 20.1. The number of ether oxygens (including phenoxy) is 2. The fraction of sp³-hybridized carbons (Fsp3) is 0.643. The van der Waals surface area contributed by atoms with Crippen molar-refractivity contribution >= 4 is 12.0 Å². The number of hydrogen-bond donors (Lipinski definition) is 4. The molecule has 1 aliphatic carbocycles. The molecule has 8 heteroatoms. The second kappa shape index (κ2) is 16.3. The van der Waals surface area contributed by atoms with E-state index in [1.807, 2.05) is 23.5 Å². The minimum absolute atomic E-state index is 0.0666. The summed E-state index contributed by atoms with van der Waals surface area (Å²) in [5, 5.41) is 12.6. The van der Waals surface area contributed by atoms with Crippen LogP contribution in [0.15, 0.2) is 42.0 Å². The van der Waals surface area contributed by atoms with Crippen molar-refractivity contribution in [3.63, 3.8) is 0 Å². The average molecular weight is 506 g/mol. The third-order valence-corrected chi connectivity index (χ3v) is 6.32. The molecule has 1 saturated carbocycles. The van der Waals surface area contributed by atoms with Crippen molar-refractivity contribution in [2.45, 2.75) is 77.9 Å². The van der Waals surface area contributed by atoms with Gasteiger partial charge in [-0.1, -0.05) is 60.4 Å². The van der Waals surface area contributed by atoms with Gasteiger partial charge >= 0.3 is 6.09 Å². The van der Waals surface area contributed by atoms with E-state index in [0.717, 1.165) is 13.2 Å². The van der Waals surface area contributed by atoms with Crippen LogP contribution in [0.2, 0.25) is 0 Å². The first-order valence-corrected chi connectivity index (χ1v) is 12.9. The molecule has 2 aliphatic rings. The van der Waals surface area contributed by atoms with Crippen LogP contribution < -0.4 is 16.4 Å². The summed E-state index contributed by atoms with van der Waals surface area (Å²) in [6.07, 6.45) is 6.77. The molecule has 1 aromatic rings. The van der Waals surface area contributed by atoms with Crippen LogP contribution in [0.5, 0.6) is 0 Å². The van der Waals surface area contributed by atoms with Gasteiger partial charge in [0.15, 0.2) is 0 Å². The minimum atomic E-state index is -1.20. The van der Waals surface area contributed by atoms with E-state index in [1.165, 1.54) is 36.8 Å². The van der Waals surface area contributed by atoms with E-state index < -0.39 is 6.09 Å². The van der Waals surface area contributed by atoms with Crippen LogP contribution in [-0.2, 0) is 14.3 Å². The topological polar surface area (TPSA) is 126 Å². The first kappa shape index (κ1) is 31.6. The van der Waals surface area contributed by atoms with Crippen molar-refractivity contribution in [2.24, 2.45) is 11.7 Å². The molecule has 2 amide bonds. The SMILES string of the molecule is CC(C)=CCOC(C)(C)C1CCCCC12CO2.Cc1ccccc1.NCCCNC(=O)CNC(=O)O. The molecule has 1 aromatic carbocycles. The molecular formula is C28H47N3O5. The Hall–Kier alpha value is -2.42. The van der Waals surface area contributed by atoms with Crippen molar-refractivity contribution in [3.8, 4) is 0 Å². The number of nitrogens with one attached hydrogen (secondary N) is 2. The number of aryl methyl sites for hydroxylation is 1. The van der Waals surface area contributed by atoms with Crippen molar-refractivity contribution in [1.82, 2.24) is 10.6 Å². The molecule has 1 heterocycles. The second-order valence-corrected chi connectivity index (χ2v) is 10.2. The van der Waals surface area contributed by atoms with E-state index >= 15 is 0 Å². The number of allylic oxidation sites excluding steroid dienone is 1. The zero-order valence-electron chi connectivity index (χ0n) is 22.8. The van der Waals surface area contributed by atoms with Gasteiger partial charge in [0.2, 0.25) is 5.91 Å². The van der Waals surface area contributed by atoms with E-state index in [-0.39, 0.29) is 23.7 Å². The quantitative estimate of drug-likeness (QED) is 0.224. The maximum Gasteiger partial charge on any atom is 0.405 e. The number of carbonyl (C=O) groups excluding carboxylic acids is 1. The summed E-state index contributed by atoms with van der Waals surface area (Å²) in [5.74, 6) is 0.222. The highest BCUT2D eigenvalue weighted by Crippen LogP contribution is 2.51. The summed E-state index contributed by atoms with van der Waals surface area (Å²) in [6, 6.07) is 10.3. The molecule has 5 N–H and O–H groups in total. The number of amides is 2. The number of carbonyl (C=O) groups is 2. The summed E-state index contributed by atoms with van der Waals surface area (Å²) in [7, 11) is 0. The summed E-state index contributed by atoms with van der Waals surface area (Å²) < 4.78 is 11.9. The third-order valence-electron chi connectivity index (χ3n) is 6.32. The van der Waals surface area contributed by atoms with Crippen LogP contribution in [0, 0.1) is 12.8 Å². The van der Waals surface area contributed by atoms with Crippen molar-refractivity contribution in [1.29, 1.82) is 0 Å². The lowest BCUT2D eigenvalue weighted by molar-refractivity contribution is -0.120. The van der Waals surface area contributed by atoms with Crippen molar-refractivity contribution in [2.75, 3.05) is 32.8 Å². The van der Waals surface area contributed by atoms with Gasteiger partial charge in [-0.25, -0.2) is 4.79 Å². The van der Waals surface area contributed by atoms with Gasteiger partial charge < -0.3 is 30.9 Å². The Morgan fingerprint density at radius 3 is 2.39 bits per heavy atom. The first-order chi connectivity index (χ1) is 17.0. The van der Waals surface area contributed by atoms with E-state index in [9.17, 15) is 9.59 Å². The van der Waals surface area contributed by atoms with E-state index in [1.54, 1.807) is 0 Å². The van der Waals surface area contributed by atoms with Gasteiger partial charge in [-0.15, -0.1) is 0 Å². The summed E-state index contributed by atoms with van der Waals surface area (Å²) in [4.78, 5) is 20.7. The van der Waals surface area contributed by atoms with Crippen molar-refractivity contribution in [3.05, 3.63) is 47.5 Å². The second-order valence-electron chi connectivity index (χ2n) is 10.2.